The predicted molar refractivity (Wildman–Crippen MR) is 102 cm³/mol. The summed E-state index contributed by atoms with van der Waals surface area (Å²) in [4.78, 5) is 25.5. The van der Waals surface area contributed by atoms with E-state index in [0.717, 1.165) is 5.56 Å². The van der Waals surface area contributed by atoms with Crippen LogP contribution in [0.4, 0.5) is 22.7 Å². The molecular formula is C19H14N4O4. The van der Waals surface area contributed by atoms with E-state index in [1.165, 1.54) is 24.3 Å². The van der Waals surface area contributed by atoms with Crippen molar-refractivity contribution in [2.45, 2.75) is 0 Å². The molecule has 0 unspecified atom stereocenters. The Kier molecular flexibility index (Phi) is 5.17. The van der Waals surface area contributed by atoms with Crippen molar-refractivity contribution in [3.05, 3.63) is 105 Å². The van der Waals surface area contributed by atoms with Crippen LogP contribution in [0.15, 0.2) is 83.9 Å². The fourth-order valence-corrected chi connectivity index (χ4v) is 2.40. The summed E-state index contributed by atoms with van der Waals surface area (Å²) >= 11 is 0. The Morgan fingerprint density at radius 2 is 1.41 bits per heavy atom. The summed E-state index contributed by atoms with van der Waals surface area (Å²) in [5, 5.41) is 25.0. The predicted octanol–water partition coefficient (Wildman–Crippen LogP) is 4.69. The zero-order chi connectivity index (χ0) is 19.2. The maximum Gasteiger partial charge on any atom is 0.271 e. The Balaban J connectivity index is 2.02. The normalized spacial score (nSPS) is 11.0. The van der Waals surface area contributed by atoms with Crippen molar-refractivity contribution in [2.24, 2.45) is 4.99 Å². The number of benzene rings is 3. The Morgan fingerprint density at radius 1 is 0.778 bits per heavy atom. The number of nitrogens with zero attached hydrogens (tertiary/aromatic N) is 3. The molecule has 8 heteroatoms. The zero-order valence-corrected chi connectivity index (χ0v) is 14.0. The van der Waals surface area contributed by atoms with Crippen LogP contribution in [0.3, 0.4) is 0 Å². The molecule has 0 aliphatic carbocycles. The smallest absolute Gasteiger partial charge is 0.271 e. The van der Waals surface area contributed by atoms with Gasteiger partial charge in [0.25, 0.3) is 11.4 Å². The number of nitrogens with one attached hydrogen (secondary N) is 1. The number of hydrogen-bond donors (Lipinski definition) is 1. The van der Waals surface area contributed by atoms with Crippen LogP contribution >= 0.6 is 0 Å². The molecule has 3 aromatic rings. The summed E-state index contributed by atoms with van der Waals surface area (Å²) in [6.45, 7) is 0. The third kappa shape index (κ3) is 4.51. The molecule has 0 saturated carbocycles. The van der Waals surface area contributed by atoms with Gasteiger partial charge in [-0.1, -0.05) is 42.5 Å². The van der Waals surface area contributed by atoms with E-state index in [2.05, 4.69) is 10.3 Å². The largest absolute Gasteiger partial charge is 0.340 e. The molecule has 0 aliphatic heterocycles. The molecule has 0 saturated heterocycles. The summed E-state index contributed by atoms with van der Waals surface area (Å²) < 4.78 is 0. The van der Waals surface area contributed by atoms with Crippen molar-refractivity contribution in [2.75, 3.05) is 5.32 Å². The lowest BCUT2D eigenvalue weighted by Gasteiger charge is -2.10. The van der Waals surface area contributed by atoms with Gasteiger partial charge >= 0.3 is 0 Å². The molecule has 134 valence electrons. The second-order valence-electron chi connectivity index (χ2n) is 5.54. The Hall–Kier alpha value is -4.07. The highest BCUT2D eigenvalue weighted by Crippen LogP contribution is 2.23. The van der Waals surface area contributed by atoms with Gasteiger partial charge < -0.3 is 5.32 Å². The molecule has 0 bridgehead atoms. The van der Waals surface area contributed by atoms with Crippen LogP contribution in [0, 0.1) is 20.2 Å². The fraction of sp³-hybridized carbons (Fsp3) is 0. The molecule has 0 spiro atoms. The third-order valence-corrected chi connectivity index (χ3v) is 3.65. The molecule has 0 aromatic heterocycles. The minimum atomic E-state index is -0.491. The van der Waals surface area contributed by atoms with E-state index >= 15 is 0 Å². The molecule has 0 fully saturated rings. The van der Waals surface area contributed by atoms with Gasteiger partial charge in [-0.05, 0) is 12.1 Å². The zero-order valence-electron chi connectivity index (χ0n) is 14.0. The van der Waals surface area contributed by atoms with Crippen LogP contribution < -0.4 is 5.32 Å². The standard InChI is InChI=1S/C19H14N4O4/c24-22(25)17-10-4-8-15(12-17)20-19(14-6-2-1-3-7-14)21-16-9-5-11-18(13-16)23(26)27/h1-13H,(H,20,21). The monoisotopic (exact) mass is 362 g/mol. The van der Waals surface area contributed by atoms with Gasteiger partial charge in [0.1, 0.15) is 5.84 Å². The first kappa shape index (κ1) is 17.7. The molecule has 0 atom stereocenters. The van der Waals surface area contributed by atoms with E-state index in [4.69, 9.17) is 0 Å². The highest BCUT2D eigenvalue weighted by Gasteiger charge is 2.10. The van der Waals surface area contributed by atoms with Crippen LogP contribution in [0.1, 0.15) is 5.56 Å². The van der Waals surface area contributed by atoms with E-state index < -0.39 is 9.85 Å². The first-order valence-electron chi connectivity index (χ1n) is 7.93. The molecule has 8 nitrogen and oxygen atoms in total. The van der Waals surface area contributed by atoms with Crippen molar-refractivity contribution >= 4 is 28.6 Å². The number of hydrogen-bond acceptors (Lipinski definition) is 5. The highest BCUT2D eigenvalue weighted by molar-refractivity contribution is 6.09. The molecule has 0 amide bonds. The number of non-ortho nitro benzene ring substituents is 2. The van der Waals surface area contributed by atoms with Crippen molar-refractivity contribution in [1.82, 2.24) is 0 Å². The van der Waals surface area contributed by atoms with Gasteiger partial charge in [-0.25, -0.2) is 4.99 Å². The Labute approximate surface area is 154 Å². The molecule has 27 heavy (non-hydrogen) atoms. The summed E-state index contributed by atoms with van der Waals surface area (Å²) in [5.41, 5.74) is 1.48. The van der Waals surface area contributed by atoms with Gasteiger partial charge in [-0.2, -0.15) is 0 Å². The Morgan fingerprint density at radius 3 is 2.07 bits per heavy atom. The number of aliphatic imine (C=N–C) groups is 1. The van der Waals surface area contributed by atoms with Gasteiger partial charge in [0.15, 0.2) is 0 Å². The quantitative estimate of drug-likeness (QED) is 0.306. The topological polar surface area (TPSA) is 111 Å². The lowest BCUT2D eigenvalue weighted by Crippen LogP contribution is -2.13. The second kappa shape index (κ2) is 7.87. The molecule has 3 aromatic carbocycles. The van der Waals surface area contributed by atoms with Crippen LogP contribution in [0.25, 0.3) is 0 Å². The van der Waals surface area contributed by atoms with Crippen molar-refractivity contribution in [3.63, 3.8) is 0 Å². The average molecular weight is 362 g/mol. The Bertz CT molecular complexity index is 1020. The minimum absolute atomic E-state index is 0.0530. The van der Waals surface area contributed by atoms with Crippen molar-refractivity contribution in [3.8, 4) is 0 Å². The molecule has 1 N–H and O–H groups in total. The van der Waals surface area contributed by atoms with Crippen LogP contribution in [-0.2, 0) is 0 Å². The molecule has 0 aliphatic rings. The van der Waals surface area contributed by atoms with E-state index in [-0.39, 0.29) is 11.4 Å². The van der Waals surface area contributed by atoms with Gasteiger partial charge in [0, 0.05) is 35.5 Å². The van der Waals surface area contributed by atoms with Crippen molar-refractivity contribution in [1.29, 1.82) is 0 Å². The van der Waals surface area contributed by atoms with Gasteiger partial charge in [0.2, 0.25) is 0 Å². The minimum Gasteiger partial charge on any atom is -0.340 e. The highest BCUT2D eigenvalue weighted by atomic mass is 16.6. The summed E-state index contributed by atoms with van der Waals surface area (Å²) in [6, 6.07) is 21.1. The maximum absolute atomic E-state index is 11.0. The van der Waals surface area contributed by atoms with Crippen molar-refractivity contribution < 1.29 is 9.85 Å². The third-order valence-electron chi connectivity index (χ3n) is 3.65. The lowest BCUT2D eigenvalue weighted by molar-refractivity contribution is -0.385. The number of rotatable bonds is 5. The molecule has 3 rings (SSSR count). The number of nitro groups is 2. The lowest BCUT2D eigenvalue weighted by atomic mass is 10.2. The van der Waals surface area contributed by atoms with Crippen LogP contribution in [0.5, 0.6) is 0 Å². The molecule has 0 radical (unpaired) electrons. The fourth-order valence-electron chi connectivity index (χ4n) is 2.40. The number of anilines is 1. The molecular weight excluding hydrogens is 348 g/mol. The maximum atomic E-state index is 11.0. The first-order chi connectivity index (χ1) is 13.0. The average Bonchev–Trinajstić information content (AvgIpc) is 2.68. The number of nitro benzene ring substituents is 2. The van der Waals surface area contributed by atoms with E-state index in [1.807, 2.05) is 30.3 Å². The summed E-state index contributed by atoms with van der Waals surface area (Å²) in [5.74, 6) is 0.414. The van der Waals surface area contributed by atoms with E-state index in [9.17, 15) is 20.2 Å². The summed E-state index contributed by atoms with van der Waals surface area (Å²) in [7, 11) is 0. The first-order valence-corrected chi connectivity index (χ1v) is 7.93. The van der Waals surface area contributed by atoms with Gasteiger partial charge in [0.05, 0.1) is 15.5 Å². The number of amidine groups is 1. The van der Waals surface area contributed by atoms with Crippen LogP contribution in [0.2, 0.25) is 0 Å². The van der Waals surface area contributed by atoms with Gasteiger partial charge in [-0.15, -0.1) is 0 Å². The van der Waals surface area contributed by atoms with Gasteiger partial charge in [-0.3, -0.25) is 20.2 Å². The summed E-state index contributed by atoms with van der Waals surface area (Å²) in [6.07, 6.45) is 0. The van der Waals surface area contributed by atoms with Crippen LogP contribution in [-0.4, -0.2) is 15.7 Å². The molecule has 0 heterocycles. The van der Waals surface area contributed by atoms with E-state index in [0.29, 0.717) is 17.2 Å². The van der Waals surface area contributed by atoms with E-state index in [1.54, 1.807) is 24.3 Å². The second-order valence-corrected chi connectivity index (χ2v) is 5.54. The SMILES string of the molecule is O=[N+]([O-])c1cccc(/N=C(/Nc2cccc([N+](=O)[O-])c2)c2ccccc2)c1.